The van der Waals surface area contributed by atoms with Gasteiger partial charge < -0.3 is 19.2 Å². The molecule has 0 atom stereocenters. The van der Waals surface area contributed by atoms with Crippen molar-refractivity contribution in [2.45, 2.75) is 0 Å². The van der Waals surface area contributed by atoms with E-state index < -0.39 is 7.82 Å². The number of hydrogen-bond acceptors (Lipinski definition) is 4. The predicted octanol–water partition coefficient (Wildman–Crippen LogP) is -5.83. The van der Waals surface area contributed by atoms with Crippen LogP contribution >= 0.6 is 7.82 Å². The van der Waals surface area contributed by atoms with Crippen molar-refractivity contribution in [3.8, 4) is 0 Å². The summed E-state index contributed by atoms with van der Waals surface area (Å²) in [6.07, 6.45) is 0. The molecule has 45 valence electrons. The fourth-order valence-corrected chi connectivity index (χ4v) is 0. The minimum Gasteiger partial charge on any atom is -0.822 e. The summed E-state index contributed by atoms with van der Waals surface area (Å²) >= 11 is 0. The molecule has 1 radical (unpaired) electrons. The summed E-state index contributed by atoms with van der Waals surface area (Å²) in [5.41, 5.74) is 0. The zero-order valence-corrected chi connectivity index (χ0v) is 10.1. The first-order valence-corrected chi connectivity index (χ1v) is 2.19. The maximum absolute atomic E-state index is 8.55. The Balaban J connectivity index is -0.0000000267. The third-order valence-corrected chi connectivity index (χ3v) is 0. The molecule has 0 aliphatic heterocycles. The first-order chi connectivity index (χ1) is 2.00. The van der Waals surface area contributed by atoms with Crippen LogP contribution in [-0.2, 0) is 38.7 Å². The second-order valence-electron chi connectivity index (χ2n) is 0.447. The summed E-state index contributed by atoms with van der Waals surface area (Å²) in [7, 11) is -5.39. The van der Waals surface area contributed by atoms with E-state index in [9.17, 15) is 0 Å². The van der Waals surface area contributed by atoms with E-state index in [-0.39, 0.29) is 85.5 Å². The summed E-state index contributed by atoms with van der Waals surface area (Å²) in [6.45, 7) is 0. The van der Waals surface area contributed by atoms with Crippen LogP contribution in [0.2, 0.25) is 0 Å². The van der Waals surface area contributed by atoms with Crippen LogP contribution in [0.4, 0.5) is 0 Å². The van der Waals surface area contributed by atoms with E-state index in [1.165, 1.54) is 0 Å². The average molecular weight is 245 g/mol. The largest absolute Gasteiger partial charge is 2.00 e. The van der Waals surface area contributed by atoms with E-state index in [4.69, 9.17) is 19.2 Å². The molecule has 0 fully saturated rings. The Bertz CT molecular complexity index is 62.2. The molecule has 0 bridgehead atoms. The maximum atomic E-state index is 8.55. The molecule has 0 aromatic rings. The van der Waals surface area contributed by atoms with E-state index >= 15 is 0 Å². The SMILES string of the molecule is O=P([O-])([O-])[O-].[Fe].[K+].[Mn+2]. The van der Waals surface area contributed by atoms with Crippen molar-refractivity contribution >= 4 is 7.82 Å². The van der Waals surface area contributed by atoms with Crippen molar-refractivity contribution in [1.29, 1.82) is 0 Å². The van der Waals surface area contributed by atoms with Crippen LogP contribution < -0.4 is 66.1 Å². The molecule has 0 unspecified atom stereocenters. The molecule has 8 heavy (non-hydrogen) atoms. The second-order valence-corrected chi connectivity index (χ2v) is 1.34. The van der Waals surface area contributed by atoms with Crippen molar-refractivity contribution in [3.05, 3.63) is 0 Å². The van der Waals surface area contributed by atoms with Crippen LogP contribution in [0.25, 0.3) is 0 Å². The van der Waals surface area contributed by atoms with Gasteiger partial charge in [-0.2, -0.15) is 7.82 Å². The predicted molar refractivity (Wildman–Crippen MR) is 7.61 cm³/mol. The van der Waals surface area contributed by atoms with Crippen molar-refractivity contribution in [2.24, 2.45) is 0 Å². The van der Waals surface area contributed by atoms with E-state index in [0.717, 1.165) is 0 Å². The summed E-state index contributed by atoms with van der Waals surface area (Å²) in [6, 6.07) is 0. The third kappa shape index (κ3) is 68.6. The van der Waals surface area contributed by atoms with Gasteiger partial charge in [-0.25, -0.2) is 0 Å². The molecule has 0 aliphatic carbocycles. The molecular weight excluding hydrogens is 245 g/mol. The molecule has 0 N–H and O–H groups in total. The van der Waals surface area contributed by atoms with Crippen LogP contribution in [0.5, 0.6) is 0 Å². The second kappa shape index (κ2) is 9.79. The molecule has 4 nitrogen and oxygen atoms in total. The van der Waals surface area contributed by atoms with Gasteiger partial charge in [0.1, 0.15) is 0 Å². The molecule has 0 aliphatic rings. The van der Waals surface area contributed by atoms with Crippen molar-refractivity contribution in [3.63, 3.8) is 0 Å². The van der Waals surface area contributed by atoms with Crippen LogP contribution in [0.3, 0.4) is 0 Å². The normalized spacial score (nSPS) is 7.38. The Morgan fingerprint density at radius 2 is 1.12 bits per heavy atom. The number of rotatable bonds is 0. The molecule has 0 amide bonds. The molecule has 0 aromatic carbocycles. The van der Waals surface area contributed by atoms with Crippen LogP contribution in [0.15, 0.2) is 0 Å². The van der Waals surface area contributed by atoms with Gasteiger partial charge in [0.05, 0.1) is 0 Å². The number of hydrogen-bond donors (Lipinski definition) is 0. The third-order valence-electron chi connectivity index (χ3n) is 0. The van der Waals surface area contributed by atoms with Gasteiger partial charge in [-0.05, 0) is 0 Å². The zero-order valence-electron chi connectivity index (χ0n) is 3.81. The van der Waals surface area contributed by atoms with Gasteiger partial charge >= 0.3 is 68.5 Å². The molecular formula is FeKMnO4P. The Morgan fingerprint density at radius 3 is 1.12 bits per heavy atom. The van der Waals surface area contributed by atoms with E-state index in [1.54, 1.807) is 0 Å². The Kier molecular flexibility index (Phi) is 27.4. The minimum atomic E-state index is -5.39. The Morgan fingerprint density at radius 1 is 1.12 bits per heavy atom. The van der Waals surface area contributed by atoms with Gasteiger partial charge in [-0.15, -0.1) is 0 Å². The standard InChI is InChI=1S/Fe.K.Mn.H3O4P/c;;;1-5(2,3)4/h;;;(H3,1,2,3,4)/q;+1;+2;/p-3. The molecule has 0 saturated carbocycles. The Hall–Kier alpha value is 2.79. The zero-order chi connectivity index (χ0) is 4.50. The summed E-state index contributed by atoms with van der Waals surface area (Å²) in [5, 5.41) is 0. The van der Waals surface area contributed by atoms with Crippen molar-refractivity contribution < 1.29 is 105 Å². The van der Waals surface area contributed by atoms with Crippen molar-refractivity contribution in [1.82, 2.24) is 0 Å². The van der Waals surface area contributed by atoms with Crippen LogP contribution in [0.1, 0.15) is 0 Å². The van der Waals surface area contributed by atoms with Gasteiger partial charge in [-0.3, -0.25) is 0 Å². The number of phosphoric acid groups is 1. The quantitative estimate of drug-likeness (QED) is 0.314. The molecule has 0 spiro atoms. The first kappa shape index (κ1) is 22.4. The van der Waals surface area contributed by atoms with Crippen LogP contribution in [0, 0.1) is 0 Å². The van der Waals surface area contributed by atoms with Gasteiger partial charge in [0.25, 0.3) is 0 Å². The smallest absolute Gasteiger partial charge is 0.822 e. The fourth-order valence-electron chi connectivity index (χ4n) is 0. The fraction of sp³-hybridized carbons (Fsp3) is 0. The monoisotopic (exact) mass is 245 g/mol. The van der Waals surface area contributed by atoms with Crippen molar-refractivity contribution in [2.75, 3.05) is 0 Å². The minimum absolute atomic E-state index is 0. The van der Waals surface area contributed by atoms with Crippen LogP contribution in [-0.4, -0.2) is 0 Å². The van der Waals surface area contributed by atoms with E-state index in [2.05, 4.69) is 0 Å². The summed E-state index contributed by atoms with van der Waals surface area (Å²) < 4.78 is 8.55. The van der Waals surface area contributed by atoms with Gasteiger partial charge in [0, 0.05) is 17.1 Å². The average Bonchev–Trinajstić information content (AvgIpc) is 0.722. The molecule has 0 saturated heterocycles. The molecule has 0 heterocycles. The van der Waals surface area contributed by atoms with Gasteiger partial charge in [0.15, 0.2) is 0 Å². The van der Waals surface area contributed by atoms with E-state index in [0.29, 0.717) is 0 Å². The first-order valence-electron chi connectivity index (χ1n) is 0.730. The summed E-state index contributed by atoms with van der Waals surface area (Å²) in [5.74, 6) is 0. The van der Waals surface area contributed by atoms with Gasteiger partial charge in [-0.1, -0.05) is 0 Å². The molecule has 0 rings (SSSR count). The topological polar surface area (TPSA) is 86.2 Å². The summed E-state index contributed by atoms with van der Waals surface area (Å²) in [4.78, 5) is 25.6. The molecule has 0 aromatic heterocycles. The molecule has 8 heteroatoms. The maximum Gasteiger partial charge on any atom is 2.00 e. The Labute approximate surface area is 110 Å². The van der Waals surface area contributed by atoms with E-state index in [1.807, 2.05) is 0 Å². The van der Waals surface area contributed by atoms with Gasteiger partial charge in [0.2, 0.25) is 0 Å².